The Balaban J connectivity index is 1.64. The summed E-state index contributed by atoms with van der Waals surface area (Å²) in [5, 5.41) is 13.4. The number of ether oxygens (including phenoxy) is 1. The van der Waals surface area contributed by atoms with Gasteiger partial charge in [0.05, 0.1) is 19.3 Å². The van der Waals surface area contributed by atoms with Gasteiger partial charge in [-0.05, 0) is 17.7 Å². The van der Waals surface area contributed by atoms with Crippen LogP contribution in [0.25, 0.3) is 0 Å². The van der Waals surface area contributed by atoms with Crippen LogP contribution in [0.4, 0.5) is 0 Å². The highest BCUT2D eigenvalue weighted by molar-refractivity contribution is 9.10. The number of aliphatic hydroxyl groups excluding tert-OH is 1. The van der Waals surface area contributed by atoms with Crippen LogP contribution >= 0.6 is 15.9 Å². The molecule has 1 saturated heterocycles. The van der Waals surface area contributed by atoms with Crippen molar-refractivity contribution in [2.24, 2.45) is 0 Å². The molecule has 0 saturated carbocycles. The number of halogens is 1. The Kier molecular flexibility index (Phi) is 6.26. The van der Waals surface area contributed by atoms with Gasteiger partial charge in [-0.3, -0.25) is 4.90 Å². The Morgan fingerprint density at radius 2 is 2.16 bits per heavy atom. The number of morpholine rings is 1. The smallest absolute Gasteiger partial charge is 0.0914 e. The predicted octanol–water partition coefficient (Wildman–Crippen LogP) is 1.40. The minimum Gasteiger partial charge on any atom is -0.387 e. The molecule has 1 heterocycles. The van der Waals surface area contributed by atoms with Crippen LogP contribution in [0, 0.1) is 0 Å². The van der Waals surface area contributed by atoms with Crippen molar-refractivity contribution in [2.75, 3.05) is 45.9 Å². The maximum Gasteiger partial charge on any atom is 0.0914 e. The molecule has 1 aromatic rings. The van der Waals surface area contributed by atoms with E-state index < -0.39 is 6.10 Å². The van der Waals surface area contributed by atoms with E-state index in [4.69, 9.17) is 4.74 Å². The second-order valence-electron chi connectivity index (χ2n) is 4.73. The molecule has 0 aromatic heterocycles. The molecule has 0 bridgehead atoms. The number of aliphatic hydroxyl groups is 1. The summed E-state index contributed by atoms with van der Waals surface area (Å²) >= 11 is 3.41. The second-order valence-corrected chi connectivity index (χ2v) is 5.64. The maximum absolute atomic E-state index is 10.1. The van der Waals surface area contributed by atoms with Gasteiger partial charge in [-0.1, -0.05) is 28.1 Å². The molecule has 0 spiro atoms. The third kappa shape index (κ3) is 5.20. The Morgan fingerprint density at radius 1 is 1.37 bits per heavy atom. The van der Waals surface area contributed by atoms with Crippen LogP contribution in [0.2, 0.25) is 0 Å². The summed E-state index contributed by atoms with van der Waals surface area (Å²) in [6.07, 6.45) is -0.456. The highest BCUT2D eigenvalue weighted by Crippen LogP contribution is 2.17. The van der Waals surface area contributed by atoms with E-state index in [0.29, 0.717) is 6.54 Å². The van der Waals surface area contributed by atoms with Crippen LogP contribution in [0.5, 0.6) is 0 Å². The van der Waals surface area contributed by atoms with Crippen LogP contribution in [0.3, 0.4) is 0 Å². The van der Waals surface area contributed by atoms with E-state index in [9.17, 15) is 5.11 Å². The average molecular weight is 329 g/mol. The molecule has 0 radical (unpaired) electrons. The zero-order chi connectivity index (χ0) is 13.5. The monoisotopic (exact) mass is 328 g/mol. The minimum absolute atomic E-state index is 0.456. The van der Waals surface area contributed by atoms with Crippen molar-refractivity contribution in [2.45, 2.75) is 6.10 Å². The zero-order valence-corrected chi connectivity index (χ0v) is 12.6. The van der Waals surface area contributed by atoms with Gasteiger partial charge >= 0.3 is 0 Å². The molecule has 2 N–H and O–H groups in total. The molecule has 4 nitrogen and oxygen atoms in total. The quantitative estimate of drug-likeness (QED) is 0.775. The molecule has 1 aromatic carbocycles. The zero-order valence-electron chi connectivity index (χ0n) is 11.0. The summed E-state index contributed by atoms with van der Waals surface area (Å²) in [5.41, 5.74) is 0.938. The van der Waals surface area contributed by atoms with Gasteiger partial charge in [-0.15, -0.1) is 0 Å². The van der Waals surface area contributed by atoms with Gasteiger partial charge in [-0.25, -0.2) is 0 Å². The Labute approximate surface area is 122 Å². The van der Waals surface area contributed by atoms with E-state index in [-0.39, 0.29) is 0 Å². The minimum atomic E-state index is -0.456. The number of benzene rings is 1. The first-order valence-corrected chi connectivity index (χ1v) is 7.49. The van der Waals surface area contributed by atoms with E-state index >= 15 is 0 Å². The lowest BCUT2D eigenvalue weighted by Gasteiger charge is -2.26. The number of hydrogen-bond acceptors (Lipinski definition) is 4. The summed E-state index contributed by atoms with van der Waals surface area (Å²) in [4.78, 5) is 2.38. The lowest BCUT2D eigenvalue weighted by molar-refractivity contribution is 0.0380. The van der Waals surface area contributed by atoms with Crippen molar-refractivity contribution in [3.63, 3.8) is 0 Å². The molecule has 19 heavy (non-hydrogen) atoms. The summed E-state index contributed by atoms with van der Waals surface area (Å²) in [5.74, 6) is 0. The van der Waals surface area contributed by atoms with E-state index in [1.165, 1.54) is 0 Å². The molecule has 1 aliphatic heterocycles. The fourth-order valence-corrected chi connectivity index (χ4v) is 2.55. The van der Waals surface area contributed by atoms with E-state index in [0.717, 1.165) is 49.4 Å². The fraction of sp³-hybridized carbons (Fsp3) is 0.571. The number of rotatable bonds is 6. The number of nitrogens with zero attached hydrogens (tertiary/aromatic N) is 1. The Hall–Kier alpha value is -0.460. The molecule has 5 heteroatoms. The largest absolute Gasteiger partial charge is 0.387 e. The molecule has 2 rings (SSSR count). The first kappa shape index (κ1) is 14.9. The van der Waals surface area contributed by atoms with Crippen molar-refractivity contribution in [3.8, 4) is 0 Å². The van der Waals surface area contributed by atoms with Crippen LogP contribution < -0.4 is 5.32 Å². The molecule has 1 unspecified atom stereocenters. The predicted molar refractivity (Wildman–Crippen MR) is 79.2 cm³/mol. The van der Waals surface area contributed by atoms with E-state index in [2.05, 4.69) is 26.1 Å². The van der Waals surface area contributed by atoms with Crippen LogP contribution in [-0.4, -0.2) is 55.9 Å². The third-order valence-electron chi connectivity index (χ3n) is 3.28. The molecular formula is C14H21BrN2O2. The maximum atomic E-state index is 10.1. The molecule has 0 aliphatic carbocycles. The van der Waals surface area contributed by atoms with Crippen LogP contribution in [0.1, 0.15) is 11.7 Å². The highest BCUT2D eigenvalue weighted by atomic mass is 79.9. The first-order valence-electron chi connectivity index (χ1n) is 6.70. The van der Waals surface area contributed by atoms with Crippen LogP contribution in [-0.2, 0) is 4.74 Å². The summed E-state index contributed by atoms with van der Waals surface area (Å²) in [7, 11) is 0. The molecule has 0 amide bonds. The molecule has 1 atom stereocenters. The Morgan fingerprint density at radius 3 is 2.89 bits per heavy atom. The number of hydrogen-bond donors (Lipinski definition) is 2. The van der Waals surface area contributed by atoms with Crippen molar-refractivity contribution in [1.29, 1.82) is 0 Å². The third-order valence-corrected chi connectivity index (χ3v) is 3.77. The van der Waals surface area contributed by atoms with Gasteiger partial charge in [0.25, 0.3) is 0 Å². The van der Waals surface area contributed by atoms with E-state index in [1.54, 1.807) is 0 Å². The van der Waals surface area contributed by atoms with Gasteiger partial charge < -0.3 is 15.2 Å². The first-order chi connectivity index (χ1) is 9.25. The summed E-state index contributed by atoms with van der Waals surface area (Å²) < 4.78 is 6.30. The summed E-state index contributed by atoms with van der Waals surface area (Å²) in [6, 6.07) is 7.80. The molecular weight excluding hydrogens is 308 g/mol. The SMILES string of the molecule is OC(CNCCN1CCOCC1)c1cccc(Br)c1. The van der Waals surface area contributed by atoms with Gasteiger partial charge in [0, 0.05) is 37.2 Å². The van der Waals surface area contributed by atoms with Crippen LogP contribution in [0.15, 0.2) is 28.7 Å². The summed E-state index contributed by atoms with van der Waals surface area (Å²) in [6.45, 7) is 6.17. The normalized spacial score (nSPS) is 18.4. The lowest BCUT2D eigenvalue weighted by Crippen LogP contribution is -2.40. The average Bonchev–Trinajstić information content (AvgIpc) is 2.44. The number of nitrogens with one attached hydrogen (secondary N) is 1. The molecule has 1 aliphatic rings. The van der Waals surface area contributed by atoms with Crippen molar-refractivity contribution >= 4 is 15.9 Å². The lowest BCUT2D eigenvalue weighted by atomic mass is 10.1. The van der Waals surface area contributed by atoms with Gasteiger partial charge in [0.15, 0.2) is 0 Å². The standard InChI is InChI=1S/C14H21BrN2O2/c15-13-3-1-2-12(10-13)14(18)11-16-4-5-17-6-8-19-9-7-17/h1-3,10,14,16,18H,4-9,11H2. The highest BCUT2D eigenvalue weighted by Gasteiger charge is 2.10. The topological polar surface area (TPSA) is 44.7 Å². The van der Waals surface area contributed by atoms with Crippen molar-refractivity contribution < 1.29 is 9.84 Å². The molecule has 106 valence electrons. The Bertz CT molecular complexity index is 383. The van der Waals surface area contributed by atoms with Crippen molar-refractivity contribution in [1.82, 2.24) is 10.2 Å². The second kappa shape index (κ2) is 7.97. The van der Waals surface area contributed by atoms with Gasteiger partial charge in [0.2, 0.25) is 0 Å². The molecule has 1 fully saturated rings. The fourth-order valence-electron chi connectivity index (χ4n) is 2.13. The van der Waals surface area contributed by atoms with E-state index in [1.807, 2.05) is 24.3 Å². The van der Waals surface area contributed by atoms with Crippen molar-refractivity contribution in [3.05, 3.63) is 34.3 Å². The van der Waals surface area contributed by atoms with Gasteiger partial charge in [0.1, 0.15) is 0 Å². The van der Waals surface area contributed by atoms with Gasteiger partial charge in [-0.2, -0.15) is 0 Å².